The lowest BCUT2D eigenvalue weighted by Crippen LogP contribution is -2.14. The highest BCUT2D eigenvalue weighted by molar-refractivity contribution is 7.00. The SMILES string of the molecule is CCOC(=O)c1c(-c2ccc(OC)c(F)c2)c2oc3ccccc3c2n1Cc1ccc2nsnc2c1. The van der Waals surface area contributed by atoms with Crippen LogP contribution in [0.2, 0.25) is 0 Å². The van der Waals surface area contributed by atoms with Crippen molar-refractivity contribution in [2.75, 3.05) is 13.7 Å². The molecule has 0 saturated heterocycles. The Morgan fingerprint density at radius 1 is 1.08 bits per heavy atom. The predicted molar refractivity (Wildman–Crippen MR) is 136 cm³/mol. The molecule has 3 aromatic carbocycles. The second-order valence-corrected chi connectivity index (χ2v) is 8.77. The van der Waals surface area contributed by atoms with E-state index in [0.29, 0.717) is 28.8 Å². The molecule has 6 rings (SSSR count). The average molecular weight is 502 g/mol. The van der Waals surface area contributed by atoms with E-state index in [1.165, 1.54) is 19.2 Å². The largest absolute Gasteiger partial charge is 0.494 e. The standard InChI is InChI=1S/C27H20FN3O4S/c1-3-34-27(32)25-23(16-9-11-22(33-2)18(28)13-16)26-24(17-6-4-5-7-21(17)35-26)31(25)14-15-8-10-19-20(12-15)30-36-29-19/h4-13H,3,14H2,1-2H3. The van der Waals surface area contributed by atoms with Gasteiger partial charge in [-0.2, -0.15) is 8.75 Å². The second kappa shape index (κ2) is 8.76. The highest BCUT2D eigenvalue weighted by Crippen LogP contribution is 2.42. The fourth-order valence-corrected chi connectivity index (χ4v) is 5.11. The summed E-state index contributed by atoms with van der Waals surface area (Å²) in [4.78, 5) is 13.4. The molecule has 6 aromatic rings. The Kier molecular flexibility index (Phi) is 5.41. The number of halogens is 1. The summed E-state index contributed by atoms with van der Waals surface area (Å²) in [7, 11) is 1.41. The third kappa shape index (κ3) is 3.51. The number of hydrogen-bond donors (Lipinski definition) is 0. The van der Waals surface area contributed by atoms with E-state index in [4.69, 9.17) is 13.9 Å². The predicted octanol–water partition coefficient (Wildman–Crippen LogP) is 6.43. The minimum Gasteiger partial charge on any atom is -0.494 e. The lowest BCUT2D eigenvalue weighted by molar-refractivity contribution is 0.0516. The van der Waals surface area contributed by atoms with Crippen molar-refractivity contribution >= 4 is 50.8 Å². The lowest BCUT2D eigenvalue weighted by Gasteiger charge is -2.12. The highest BCUT2D eigenvalue weighted by atomic mass is 32.1. The molecule has 0 amide bonds. The summed E-state index contributed by atoms with van der Waals surface area (Å²) >= 11 is 1.15. The van der Waals surface area contributed by atoms with E-state index >= 15 is 0 Å². The van der Waals surface area contributed by atoms with E-state index in [9.17, 15) is 9.18 Å². The maximum Gasteiger partial charge on any atom is 0.355 e. The van der Waals surface area contributed by atoms with Gasteiger partial charge in [-0.25, -0.2) is 9.18 Å². The van der Waals surface area contributed by atoms with E-state index in [2.05, 4.69) is 8.75 Å². The molecule has 180 valence electrons. The lowest BCUT2D eigenvalue weighted by atomic mass is 10.0. The molecule has 0 atom stereocenters. The first-order valence-electron chi connectivity index (χ1n) is 11.3. The summed E-state index contributed by atoms with van der Waals surface area (Å²) in [6.07, 6.45) is 0. The van der Waals surface area contributed by atoms with Crippen LogP contribution in [0.4, 0.5) is 4.39 Å². The van der Waals surface area contributed by atoms with Crippen LogP contribution in [0, 0.1) is 5.82 Å². The quantitative estimate of drug-likeness (QED) is 0.245. The smallest absolute Gasteiger partial charge is 0.355 e. The van der Waals surface area contributed by atoms with E-state index in [1.54, 1.807) is 13.0 Å². The number of esters is 1. The Morgan fingerprint density at radius 3 is 2.72 bits per heavy atom. The summed E-state index contributed by atoms with van der Waals surface area (Å²) in [5.74, 6) is -0.944. The molecule has 0 unspecified atom stereocenters. The summed E-state index contributed by atoms with van der Waals surface area (Å²) in [5, 5.41) is 0.842. The Morgan fingerprint density at radius 2 is 1.92 bits per heavy atom. The van der Waals surface area contributed by atoms with Crippen LogP contribution in [-0.2, 0) is 11.3 Å². The summed E-state index contributed by atoms with van der Waals surface area (Å²) in [6, 6.07) is 18.0. The van der Waals surface area contributed by atoms with Gasteiger partial charge >= 0.3 is 5.97 Å². The number of fused-ring (bicyclic) bond motifs is 4. The number of furan rings is 1. The minimum absolute atomic E-state index is 0.113. The van der Waals surface area contributed by atoms with Crippen molar-refractivity contribution in [1.82, 2.24) is 13.3 Å². The molecule has 0 N–H and O–H groups in total. The zero-order chi connectivity index (χ0) is 24.8. The van der Waals surface area contributed by atoms with Crippen LogP contribution in [0.25, 0.3) is 44.2 Å². The molecule has 7 nitrogen and oxygen atoms in total. The minimum atomic E-state index is -0.539. The molecule has 0 spiro atoms. The number of nitrogens with zero attached hydrogens (tertiary/aromatic N) is 3. The number of para-hydroxylation sites is 1. The Labute approximate surface area is 209 Å². The molecular weight excluding hydrogens is 481 g/mol. The third-order valence-corrected chi connectivity index (χ3v) is 6.70. The molecule has 9 heteroatoms. The van der Waals surface area contributed by atoms with Crippen molar-refractivity contribution in [2.24, 2.45) is 0 Å². The number of rotatable bonds is 6. The number of methoxy groups -OCH3 is 1. The first kappa shape index (κ1) is 22.2. The van der Waals surface area contributed by atoms with Crippen molar-refractivity contribution in [3.05, 3.63) is 77.7 Å². The van der Waals surface area contributed by atoms with Gasteiger partial charge in [0.05, 0.1) is 36.5 Å². The monoisotopic (exact) mass is 501 g/mol. The molecule has 0 radical (unpaired) electrons. The molecular formula is C27H20FN3O4S. The average Bonchev–Trinajstić information content (AvgIpc) is 3.57. The van der Waals surface area contributed by atoms with Crippen molar-refractivity contribution in [1.29, 1.82) is 0 Å². The van der Waals surface area contributed by atoms with Crippen LogP contribution in [-0.4, -0.2) is 33.0 Å². The van der Waals surface area contributed by atoms with Gasteiger partial charge in [-0.1, -0.05) is 24.3 Å². The number of hydrogen-bond acceptors (Lipinski definition) is 7. The highest BCUT2D eigenvalue weighted by Gasteiger charge is 2.30. The number of aromatic nitrogens is 3. The first-order valence-corrected chi connectivity index (χ1v) is 12.1. The Balaban J connectivity index is 1.67. The second-order valence-electron chi connectivity index (χ2n) is 8.24. The van der Waals surface area contributed by atoms with Crippen molar-refractivity contribution in [3.63, 3.8) is 0 Å². The van der Waals surface area contributed by atoms with Crippen LogP contribution in [0.15, 0.2) is 65.1 Å². The van der Waals surface area contributed by atoms with Crippen molar-refractivity contribution in [2.45, 2.75) is 13.5 Å². The van der Waals surface area contributed by atoms with E-state index in [1.807, 2.05) is 47.0 Å². The maximum atomic E-state index is 14.8. The summed E-state index contributed by atoms with van der Waals surface area (Å²) in [5.41, 5.74) is 5.66. The van der Waals surface area contributed by atoms with Gasteiger partial charge in [0.25, 0.3) is 0 Å². The molecule has 0 fully saturated rings. The normalized spacial score (nSPS) is 11.5. The first-order chi connectivity index (χ1) is 17.6. The molecule has 0 aliphatic heterocycles. The maximum absolute atomic E-state index is 14.8. The zero-order valence-corrected chi connectivity index (χ0v) is 20.3. The van der Waals surface area contributed by atoms with Gasteiger partial charge in [0.15, 0.2) is 17.1 Å². The van der Waals surface area contributed by atoms with Gasteiger partial charge in [-0.3, -0.25) is 0 Å². The van der Waals surface area contributed by atoms with Gasteiger partial charge in [0.2, 0.25) is 0 Å². The molecule has 3 heterocycles. The van der Waals surface area contributed by atoms with E-state index in [-0.39, 0.29) is 18.1 Å². The van der Waals surface area contributed by atoms with Crippen LogP contribution in [0.3, 0.4) is 0 Å². The fraction of sp³-hybridized carbons (Fsp3) is 0.148. The Bertz CT molecular complexity index is 1770. The van der Waals surface area contributed by atoms with E-state index < -0.39 is 11.8 Å². The zero-order valence-electron chi connectivity index (χ0n) is 19.4. The summed E-state index contributed by atoms with van der Waals surface area (Å²) < 4.78 is 42.2. The molecule has 0 bridgehead atoms. The molecule has 0 saturated carbocycles. The third-order valence-electron chi connectivity index (χ3n) is 6.14. The Hall–Kier alpha value is -4.24. The van der Waals surface area contributed by atoms with Crippen LogP contribution >= 0.6 is 11.7 Å². The van der Waals surface area contributed by atoms with Crippen LogP contribution in [0.5, 0.6) is 5.75 Å². The molecule has 36 heavy (non-hydrogen) atoms. The van der Waals surface area contributed by atoms with E-state index in [0.717, 1.165) is 39.2 Å². The topological polar surface area (TPSA) is 79.4 Å². The number of carbonyl (C=O) groups excluding carboxylic acids is 1. The molecule has 3 aromatic heterocycles. The van der Waals surface area contributed by atoms with Crippen LogP contribution < -0.4 is 4.74 Å². The molecule has 0 aliphatic rings. The van der Waals surface area contributed by atoms with Crippen LogP contribution in [0.1, 0.15) is 23.0 Å². The van der Waals surface area contributed by atoms with Gasteiger partial charge in [-0.05, 0) is 54.4 Å². The van der Waals surface area contributed by atoms with Gasteiger partial charge < -0.3 is 18.5 Å². The number of ether oxygens (including phenoxy) is 2. The van der Waals surface area contributed by atoms with Crippen molar-refractivity contribution in [3.8, 4) is 16.9 Å². The van der Waals surface area contributed by atoms with Gasteiger partial charge in [0, 0.05) is 11.9 Å². The summed E-state index contributed by atoms with van der Waals surface area (Å²) in [6.45, 7) is 2.29. The fourth-order valence-electron chi connectivity index (χ4n) is 4.59. The van der Waals surface area contributed by atoms with Gasteiger partial charge in [-0.15, -0.1) is 0 Å². The molecule has 0 aliphatic carbocycles. The number of carbonyl (C=O) groups is 1. The van der Waals surface area contributed by atoms with Gasteiger partial charge in [0.1, 0.15) is 22.3 Å². The number of benzene rings is 3. The van der Waals surface area contributed by atoms with Crippen molar-refractivity contribution < 1.29 is 23.1 Å².